The van der Waals surface area contributed by atoms with E-state index in [2.05, 4.69) is 46.0 Å². The molecule has 0 bridgehead atoms. The Labute approximate surface area is 153 Å². The number of aryl methyl sites for hydroxylation is 2. The van der Waals surface area contributed by atoms with E-state index in [1.807, 2.05) is 38.1 Å². The summed E-state index contributed by atoms with van der Waals surface area (Å²) in [6.45, 7) is 15.1. The lowest BCUT2D eigenvalue weighted by atomic mass is 9.75. The second kappa shape index (κ2) is 6.98. The van der Waals surface area contributed by atoms with Crippen molar-refractivity contribution in [1.29, 1.82) is 0 Å². The van der Waals surface area contributed by atoms with Gasteiger partial charge in [-0.1, -0.05) is 50.6 Å². The summed E-state index contributed by atoms with van der Waals surface area (Å²) in [5, 5.41) is 19.1. The SMILES string of the molecule is Cc1cc(-c2ccc(O[Si](C)(C)C(C)(C)C)cc2)c(C)cc1B(O)O. The second-order valence-electron chi connectivity index (χ2n) is 8.28. The van der Waals surface area contributed by atoms with Gasteiger partial charge >= 0.3 is 7.12 Å². The van der Waals surface area contributed by atoms with Crippen LogP contribution in [-0.4, -0.2) is 25.5 Å². The highest BCUT2D eigenvalue weighted by Crippen LogP contribution is 2.37. The fraction of sp³-hybridized carbons (Fsp3) is 0.400. The predicted molar refractivity (Wildman–Crippen MR) is 109 cm³/mol. The average Bonchev–Trinajstić information content (AvgIpc) is 2.48. The molecule has 0 spiro atoms. The van der Waals surface area contributed by atoms with Crippen molar-refractivity contribution >= 4 is 20.9 Å². The highest BCUT2D eigenvalue weighted by atomic mass is 28.4. The molecule has 0 aliphatic rings. The van der Waals surface area contributed by atoms with Crippen molar-refractivity contribution in [2.75, 3.05) is 0 Å². The third-order valence-corrected chi connectivity index (χ3v) is 9.59. The molecular weight excluding hydrogens is 327 g/mol. The van der Waals surface area contributed by atoms with Gasteiger partial charge in [-0.05, 0) is 66.3 Å². The average molecular weight is 356 g/mol. The van der Waals surface area contributed by atoms with E-state index in [9.17, 15) is 10.0 Å². The van der Waals surface area contributed by atoms with Gasteiger partial charge in [-0.15, -0.1) is 0 Å². The summed E-state index contributed by atoms with van der Waals surface area (Å²) in [5.74, 6) is 0.909. The summed E-state index contributed by atoms with van der Waals surface area (Å²) >= 11 is 0. The van der Waals surface area contributed by atoms with Crippen LogP contribution in [0.5, 0.6) is 5.75 Å². The van der Waals surface area contributed by atoms with E-state index < -0.39 is 15.4 Å². The maximum absolute atomic E-state index is 9.44. The molecule has 0 amide bonds. The Morgan fingerprint density at radius 1 is 0.920 bits per heavy atom. The fourth-order valence-corrected chi connectivity index (χ4v) is 3.61. The van der Waals surface area contributed by atoms with Gasteiger partial charge in [0.2, 0.25) is 8.32 Å². The topological polar surface area (TPSA) is 49.7 Å². The van der Waals surface area contributed by atoms with E-state index in [1.54, 1.807) is 0 Å². The van der Waals surface area contributed by atoms with Crippen LogP contribution in [0.2, 0.25) is 18.1 Å². The second-order valence-corrected chi connectivity index (χ2v) is 13.0. The summed E-state index contributed by atoms with van der Waals surface area (Å²) in [4.78, 5) is 0. The van der Waals surface area contributed by atoms with Gasteiger partial charge in [-0.2, -0.15) is 0 Å². The zero-order valence-corrected chi connectivity index (χ0v) is 17.3. The van der Waals surface area contributed by atoms with E-state index in [4.69, 9.17) is 4.43 Å². The highest BCUT2D eigenvalue weighted by Gasteiger charge is 2.38. The molecule has 0 atom stereocenters. The van der Waals surface area contributed by atoms with E-state index >= 15 is 0 Å². The van der Waals surface area contributed by atoms with Crippen molar-refractivity contribution in [2.45, 2.75) is 52.8 Å². The summed E-state index contributed by atoms with van der Waals surface area (Å²) in [6, 6.07) is 12.0. The van der Waals surface area contributed by atoms with Gasteiger partial charge in [0, 0.05) is 0 Å². The molecular formula is C20H29BO3Si. The molecule has 0 aromatic heterocycles. The van der Waals surface area contributed by atoms with E-state index in [0.717, 1.165) is 28.0 Å². The smallest absolute Gasteiger partial charge is 0.488 e. The van der Waals surface area contributed by atoms with Crippen molar-refractivity contribution < 1.29 is 14.5 Å². The molecule has 0 saturated carbocycles. The largest absolute Gasteiger partial charge is 0.544 e. The number of benzene rings is 2. The normalized spacial score (nSPS) is 12.2. The summed E-state index contributed by atoms with van der Waals surface area (Å²) < 4.78 is 6.33. The van der Waals surface area contributed by atoms with Crippen LogP contribution in [0.1, 0.15) is 31.9 Å². The molecule has 0 aliphatic heterocycles. The Hall–Kier alpha value is -1.56. The van der Waals surface area contributed by atoms with Crippen LogP contribution >= 0.6 is 0 Å². The minimum Gasteiger partial charge on any atom is -0.544 e. The minimum absolute atomic E-state index is 0.167. The quantitative estimate of drug-likeness (QED) is 0.813. The molecule has 2 aromatic rings. The standard InChI is InChI=1S/C20H29BO3Si/c1-14-13-19(21(22)23)15(2)12-18(14)16-8-10-17(11-9-16)24-25(6,7)20(3,4)5/h8-13,22-23H,1-7H3. The Morgan fingerprint density at radius 2 is 1.48 bits per heavy atom. The molecule has 25 heavy (non-hydrogen) atoms. The number of hydrogen-bond donors (Lipinski definition) is 2. The van der Waals surface area contributed by atoms with Crippen molar-refractivity contribution in [3.8, 4) is 16.9 Å². The van der Waals surface area contributed by atoms with Gasteiger partial charge in [0.1, 0.15) is 5.75 Å². The Morgan fingerprint density at radius 3 is 1.96 bits per heavy atom. The molecule has 2 N–H and O–H groups in total. The van der Waals surface area contributed by atoms with Gasteiger partial charge in [-0.3, -0.25) is 0 Å². The van der Waals surface area contributed by atoms with Gasteiger partial charge in [0.25, 0.3) is 0 Å². The van der Waals surface area contributed by atoms with Crippen LogP contribution < -0.4 is 9.89 Å². The Bertz CT molecular complexity index is 747. The monoisotopic (exact) mass is 356 g/mol. The molecule has 0 fully saturated rings. The molecule has 0 aliphatic carbocycles. The Kier molecular flexibility index (Phi) is 5.52. The van der Waals surface area contributed by atoms with Gasteiger partial charge in [-0.25, -0.2) is 0 Å². The molecule has 0 radical (unpaired) electrons. The van der Waals surface area contributed by atoms with E-state index in [0.29, 0.717) is 5.46 Å². The van der Waals surface area contributed by atoms with Crippen molar-refractivity contribution in [3.63, 3.8) is 0 Å². The van der Waals surface area contributed by atoms with Crippen LogP contribution in [0.25, 0.3) is 11.1 Å². The third-order valence-electron chi connectivity index (χ3n) is 5.24. The fourth-order valence-electron chi connectivity index (χ4n) is 2.58. The van der Waals surface area contributed by atoms with Gasteiger partial charge in [0.05, 0.1) is 0 Å². The maximum atomic E-state index is 9.44. The third kappa shape index (κ3) is 4.35. The van der Waals surface area contributed by atoms with Crippen molar-refractivity contribution in [2.24, 2.45) is 0 Å². The number of rotatable bonds is 4. The van der Waals surface area contributed by atoms with Crippen LogP contribution in [0.4, 0.5) is 0 Å². The number of hydrogen-bond acceptors (Lipinski definition) is 3. The first-order chi connectivity index (χ1) is 11.4. The van der Waals surface area contributed by atoms with Crippen molar-refractivity contribution in [1.82, 2.24) is 0 Å². The van der Waals surface area contributed by atoms with Crippen LogP contribution in [-0.2, 0) is 0 Å². The van der Waals surface area contributed by atoms with Gasteiger partial charge < -0.3 is 14.5 Å². The molecule has 2 rings (SSSR count). The summed E-state index contributed by atoms with van der Waals surface area (Å²) in [7, 11) is -3.27. The van der Waals surface area contributed by atoms with Crippen LogP contribution in [0.15, 0.2) is 36.4 Å². The zero-order valence-electron chi connectivity index (χ0n) is 16.3. The molecule has 2 aromatic carbocycles. The van der Waals surface area contributed by atoms with Crippen LogP contribution in [0, 0.1) is 13.8 Å². The minimum atomic E-state index is -1.84. The molecule has 134 valence electrons. The molecule has 0 saturated heterocycles. The lowest BCUT2D eigenvalue weighted by Crippen LogP contribution is -2.43. The summed E-state index contributed by atoms with van der Waals surface area (Å²) in [5.41, 5.74) is 4.64. The van der Waals surface area contributed by atoms with Gasteiger partial charge in [0.15, 0.2) is 0 Å². The summed E-state index contributed by atoms with van der Waals surface area (Å²) in [6.07, 6.45) is 0. The van der Waals surface area contributed by atoms with E-state index in [1.165, 1.54) is 0 Å². The maximum Gasteiger partial charge on any atom is 0.488 e. The molecule has 3 nitrogen and oxygen atoms in total. The highest BCUT2D eigenvalue weighted by molar-refractivity contribution is 6.74. The predicted octanol–water partition coefficient (Wildman–Crippen LogP) is 4.03. The van der Waals surface area contributed by atoms with E-state index in [-0.39, 0.29) is 5.04 Å². The molecule has 0 heterocycles. The molecule has 0 unspecified atom stereocenters. The molecule has 5 heteroatoms. The van der Waals surface area contributed by atoms with Crippen LogP contribution in [0.3, 0.4) is 0 Å². The first kappa shape index (κ1) is 19.8. The lowest BCUT2D eigenvalue weighted by Gasteiger charge is -2.36. The Balaban J connectivity index is 2.31. The zero-order chi connectivity index (χ0) is 19.0. The first-order valence-electron chi connectivity index (χ1n) is 8.69. The first-order valence-corrected chi connectivity index (χ1v) is 11.6. The van der Waals surface area contributed by atoms with Crippen molar-refractivity contribution in [3.05, 3.63) is 47.5 Å². The lowest BCUT2D eigenvalue weighted by molar-refractivity contribution is 0.425.